The van der Waals surface area contributed by atoms with E-state index in [1.807, 2.05) is 0 Å². The molecule has 2 fully saturated rings. The van der Waals surface area contributed by atoms with Crippen LogP contribution in [0.25, 0.3) is 0 Å². The summed E-state index contributed by atoms with van der Waals surface area (Å²) in [5, 5.41) is 0. The molecule has 2 heterocycles. The highest BCUT2D eigenvalue weighted by Crippen LogP contribution is 2.19. The van der Waals surface area contributed by atoms with Crippen molar-refractivity contribution in [2.75, 3.05) is 50.8 Å². The first-order chi connectivity index (χ1) is 9.31. The summed E-state index contributed by atoms with van der Waals surface area (Å²) in [6.45, 7) is 9.97. The number of anilines is 1. The van der Waals surface area contributed by atoms with Gasteiger partial charge in [-0.15, -0.1) is 0 Å². The normalized spacial score (nSPS) is 24.9. The molecule has 0 amide bonds. The molecule has 2 aliphatic rings. The second-order valence-corrected chi connectivity index (χ2v) is 5.85. The van der Waals surface area contributed by atoms with Crippen molar-refractivity contribution >= 4 is 5.69 Å². The summed E-state index contributed by atoms with van der Waals surface area (Å²) in [7, 11) is 0. The number of piperazine rings is 1. The van der Waals surface area contributed by atoms with Crippen LogP contribution >= 0.6 is 0 Å². The molecule has 3 nitrogen and oxygen atoms in total. The second-order valence-electron chi connectivity index (χ2n) is 5.85. The van der Waals surface area contributed by atoms with E-state index in [1.54, 1.807) is 0 Å². The number of ether oxygens (including phenoxy) is 1. The Morgan fingerprint density at radius 3 is 2.47 bits per heavy atom. The SMILES string of the molecule is Cc1ccc(N2CCN(CC3CCOC3)CC2)cc1. The molecule has 0 radical (unpaired) electrons. The minimum absolute atomic E-state index is 0.769. The van der Waals surface area contributed by atoms with Crippen LogP contribution in [0.1, 0.15) is 12.0 Å². The first-order valence-corrected chi connectivity index (χ1v) is 7.43. The van der Waals surface area contributed by atoms with Crippen molar-refractivity contribution in [1.29, 1.82) is 0 Å². The highest BCUT2D eigenvalue weighted by atomic mass is 16.5. The third-order valence-corrected chi connectivity index (χ3v) is 4.31. The summed E-state index contributed by atoms with van der Waals surface area (Å²) in [5.41, 5.74) is 2.71. The lowest BCUT2D eigenvalue weighted by atomic mass is 10.1. The highest BCUT2D eigenvalue weighted by molar-refractivity contribution is 5.47. The van der Waals surface area contributed by atoms with Gasteiger partial charge in [0.15, 0.2) is 0 Å². The Morgan fingerprint density at radius 2 is 1.84 bits per heavy atom. The van der Waals surface area contributed by atoms with Crippen LogP contribution in [0.3, 0.4) is 0 Å². The third kappa shape index (κ3) is 3.28. The average Bonchev–Trinajstić information content (AvgIpc) is 2.94. The molecule has 104 valence electrons. The standard InChI is InChI=1S/C16H24N2O/c1-14-2-4-16(5-3-14)18-9-7-17(8-10-18)12-15-6-11-19-13-15/h2-5,15H,6-13H2,1H3. The molecule has 0 spiro atoms. The van der Waals surface area contributed by atoms with Crippen molar-refractivity contribution in [3.05, 3.63) is 29.8 Å². The van der Waals surface area contributed by atoms with Gasteiger partial charge in [0.2, 0.25) is 0 Å². The maximum atomic E-state index is 5.46. The molecule has 2 aliphatic heterocycles. The van der Waals surface area contributed by atoms with Gasteiger partial charge >= 0.3 is 0 Å². The van der Waals surface area contributed by atoms with Crippen molar-refractivity contribution in [1.82, 2.24) is 4.90 Å². The molecule has 2 saturated heterocycles. The lowest BCUT2D eigenvalue weighted by molar-refractivity contribution is 0.164. The van der Waals surface area contributed by atoms with Gasteiger partial charge in [-0.1, -0.05) is 17.7 Å². The Balaban J connectivity index is 1.50. The van der Waals surface area contributed by atoms with Gasteiger partial charge in [-0.3, -0.25) is 4.90 Å². The van der Waals surface area contributed by atoms with Crippen LogP contribution in [0.5, 0.6) is 0 Å². The largest absolute Gasteiger partial charge is 0.381 e. The molecule has 1 atom stereocenters. The van der Waals surface area contributed by atoms with E-state index in [-0.39, 0.29) is 0 Å². The van der Waals surface area contributed by atoms with Gasteiger partial charge in [-0.25, -0.2) is 0 Å². The lowest BCUT2D eigenvalue weighted by Crippen LogP contribution is -2.47. The fraction of sp³-hybridized carbons (Fsp3) is 0.625. The molecule has 0 saturated carbocycles. The molecule has 0 aromatic heterocycles. The smallest absolute Gasteiger partial charge is 0.0507 e. The van der Waals surface area contributed by atoms with Gasteiger partial charge < -0.3 is 9.64 Å². The molecule has 0 aliphatic carbocycles. The Morgan fingerprint density at radius 1 is 1.11 bits per heavy atom. The van der Waals surface area contributed by atoms with Crippen LogP contribution in [-0.2, 0) is 4.74 Å². The summed E-state index contributed by atoms with van der Waals surface area (Å²) >= 11 is 0. The van der Waals surface area contributed by atoms with Gasteiger partial charge in [-0.05, 0) is 31.4 Å². The number of nitrogens with zero attached hydrogens (tertiary/aromatic N) is 2. The number of rotatable bonds is 3. The quantitative estimate of drug-likeness (QED) is 0.828. The molecule has 0 N–H and O–H groups in total. The topological polar surface area (TPSA) is 15.7 Å². The van der Waals surface area contributed by atoms with Crippen LogP contribution < -0.4 is 4.90 Å². The van der Waals surface area contributed by atoms with Crippen LogP contribution in [0.4, 0.5) is 5.69 Å². The Hall–Kier alpha value is -1.06. The summed E-state index contributed by atoms with van der Waals surface area (Å²) in [4.78, 5) is 5.10. The number of benzene rings is 1. The van der Waals surface area contributed by atoms with Crippen molar-refractivity contribution < 1.29 is 4.74 Å². The molecule has 1 aromatic carbocycles. The van der Waals surface area contributed by atoms with Gasteiger partial charge in [0.25, 0.3) is 0 Å². The van der Waals surface area contributed by atoms with Gasteiger partial charge in [0, 0.05) is 45.0 Å². The average molecular weight is 260 g/mol. The number of hydrogen-bond donors (Lipinski definition) is 0. The first kappa shape index (κ1) is 12.9. The van der Waals surface area contributed by atoms with Crippen molar-refractivity contribution in [3.63, 3.8) is 0 Å². The number of aryl methyl sites for hydroxylation is 1. The van der Waals surface area contributed by atoms with E-state index in [4.69, 9.17) is 4.74 Å². The van der Waals surface area contributed by atoms with Gasteiger partial charge in [0.05, 0.1) is 6.61 Å². The second kappa shape index (κ2) is 5.93. The fourth-order valence-electron chi connectivity index (χ4n) is 3.04. The zero-order valence-corrected chi connectivity index (χ0v) is 11.8. The highest BCUT2D eigenvalue weighted by Gasteiger charge is 2.22. The summed E-state index contributed by atoms with van der Waals surface area (Å²) in [6, 6.07) is 8.90. The van der Waals surface area contributed by atoms with Crippen LogP contribution in [0.2, 0.25) is 0 Å². The molecular formula is C16H24N2O. The van der Waals surface area contributed by atoms with E-state index in [9.17, 15) is 0 Å². The summed E-state index contributed by atoms with van der Waals surface area (Å²) < 4.78 is 5.46. The van der Waals surface area contributed by atoms with E-state index in [2.05, 4.69) is 41.0 Å². The Bertz CT molecular complexity index is 390. The number of hydrogen-bond acceptors (Lipinski definition) is 3. The van der Waals surface area contributed by atoms with E-state index < -0.39 is 0 Å². The molecule has 19 heavy (non-hydrogen) atoms. The molecule has 3 rings (SSSR count). The summed E-state index contributed by atoms with van der Waals surface area (Å²) in [6.07, 6.45) is 1.25. The Labute approximate surface area is 116 Å². The third-order valence-electron chi connectivity index (χ3n) is 4.31. The predicted octanol–water partition coefficient (Wildman–Crippen LogP) is 2.15. The fourth-order valence-corrected chi connectivity index (χ4v) is 3.04. The summed E-state index contributed by atoms with van der Waals surface area (Å²) in [5.74, 6) is 0.769. The maximum Gasteiger partial charge on any atom is 0.0507 e. The van der Waals surface area contributed by atoms with Crippen LogP contribution in [-0.4, -0.2) is 50.8 Å². The van der Waals surface area contributed by atoms with Crippen molar-refractivity contribution in [3.8, 4) is 0 Å². The van der Waals surface area contributed by atoms with Crippen LogP contribution in [0, 0.1) is 12.8 Å². The first-order valence-electron chi connectivity index (χ1n) is 7.43. The molecule has 1 aromatic rings. The Kier molecular flexibility index (Phi) is 4.04. The zero-order valence-electron chi connectivity index (χ0n) is 11.8. The zero-order chi connectivity index (χ0) is 13.1. The van der Waals surface area contributed by atoms with E-state index in [1.165, 1.54) is 37.3 Å². The van der Waals surface area contributed by atoms with Crippen molar-refractivity contribution in [2.24, 2.45) is 5.92 Å². The minimum atomic E-state index is 0.769. The van der Waals surface area contributed by atoms with E-state index in [0.29, 0.717) is 0 Å². The molecule has 3 heteroatoms. The van der Waals surface area contributed by atoms with E-state index >= 15 is 0 Å². The molecule has 0 bridgehead atoms. The van der Waals surface area contributed by atoms with Gasteiger partial charge in [0.1, 0.15) is 0 Å². The van der Waals surface area contributed by atoms with Crippen molar-refractivity contribution in [2.45, 2.75) is 13.3 Å². The molecule has 1 unspecified atom stereocenters. The monoisotopic (exact) mass is 260 g/mol. The maximum absolute atomic E-state index is 5.46. The molecular weight excluding hydrogens is 236 g/mol. The lowest BCUT2D eigenvalue weighted by Gasteiger charge is -2.37. The van der Waals surface area contributed by atoms with Gasteiger partial charge in [-0.2, -0.15) is 0 Å². The van der Waals surface area contributed by atoms with Crippen LogP contribution in [0.15, 0.2) is 24.3 Å². The predicted molar refractivity (Wildman–Crippen MR) is 78.8 cm³/mol. The minimum Gasteiger partial charge on any atom is -0.381 e. The van der Waals surface area contributed by atoms with E-state index in [0.717, 1.165) is 32.2 Å².